The van der Waals surface area contributed by atoms with Crippen molar-refractivity contribution in [2.45, 2.75) is 31.7 Å². The summed E-state index contributed by atoms with van der Waals surface area (Å²) in [4.78, 5) is 48.1. The van der Waals surface area contributed by atoms with Crippen molar-refractivity contribution < 1.29 is 38.5 Å². The summed E-state index contributed by atoms with van der Waals surface area (Å²) in [7, 11) is 0. The third kappa shape index (κ3) is 10.4. The van der Waals surface area contributed by atoms with Crippen LogP contribution in [-0.4, -0.2) is 78.7 Å². The highest BCUT2D eigenvalue weighted by Crippen LogP contribution is 2.42. The van der Waals surface area contributed by atoms with Crippen LogP contribution in [0, 0.1) is 0 Å². The number of thiocarbonyl (C=S) groups is 1. The molecule has 0 bridgehead atoms. The van der Waals surface area contributed by atoms with Gasteiger partial charge in [0.25, 0.3) is 0 Å². The molecule has 1 aliphatic carbocycles. The summed E-state index contributed by atoms with van der Waals surface area (Å²) in [5.74, 6) is -1.88. The van der Waals surface area contributed by atoms with E-state index in [4.69, 9.17) is 37.6 Å². The standard InChI is InChI=1S/C34H39N5O9S/c35-11-2-1-3-27(32(36)43)39-30(42)10-13-46-15-16-47-14-12-37-34(49)38-20-4-7-23(26(17-20)33(44)45)31-24-8-5-21(40)18-28(24)48-29-19-22(41)6-9-25(29)31/h4-9,17-19,27,40H,1-3,10-16,35H2,(H2,36,43)(H,39,42)(H,44,45)(H2,37,38,49)/t27-/m0/s1. The van der Waals surface area contributed by atoms with Crippen molar-refractivity contribution in [1.82, 2.24) is 10.6 Å². The number of fused-ring (bicyclic) bond motifs is 2. The Morgan fingerprint density at radius 1 is 0.939 bits per heavy atom. The fourth-order valence-electron chi connectivity index (χ4n) is 5.11. The number of ether oxygens (including phenoxy) is 2. The minimum absolute atomic E-state index is 0.0168. The van der Waals surface area contributed by atoms with E-state index in [0.717, 1.165) is 6.42 Å². The van der Waals surface area contributed by atoms with Crippen molar-refractivity contribution in [2.75, 3.05) is 44.8 Å². The first-order chi connectivity index (χ1) is 23.6. The molecule has 0 unspecified atom stereocenters. The summed E-state index contributed by atoms with van der Waals surface area (Å²) in [5, 5.41) is 29.6. The molecule has 1 aliphatic heterocycles. The van der Waals surface area contributed by atoms with Gasteiger partial charge < -0.3 is 51.5 Å². The number of nitrogens with two attached hydrogens (primary N) is 2. The SMILES string of the molecule is NCCCC[C@H](NC(=O)CCOCCOCCNC(=S)Nc1ccc(-c2c3ccc(=O)cc-3oc3cc(O)ccc23)c(C(=O)O)c1)C(N)=O. The summed E-state index contributed by atoms with van der Waals surface area (Å²) in [5.41, 5.74) is 12.7. The second-order valence-corrected chi connectivity index (χ2v) is 11.5. The summed E-state index contributed by atoms with van der Waals surface area (Å²) < 4.78 is 16.8. The average molecular weight is 694 g/mol. The number of phenols is 1. The lowest BCUT2D eigenvalue weighted by Crippen LogP contribution is -2.44. The van der Waals surface area contributed by atoms with Gasteiger partial charge >= 0.3 is 5.97 Å². The van der Waals surface area contributed by atoms with Crippen LogP contribution in [0.2, 0.25) is 0 Å². The molecular weight excluding hydrogens is 654 g/mol. The van der Waals surface area contributed by atoms with Crippen molar-refractivity contribution in [3.63, 3.8) is 0 Å². The van der Waals surface area contributed by atoms with Crippen molar-refractivity contribution in [3.8, 4) is 28.2 Å². The van der Waals surface area contributed by atoms with E-state index in [9.17, 15) is 29.4 Å². The highest BCUT2D eigenvalue weighted by atomic mass is 32.1. The average Bonchev–Trinajstić information content (AvgIpc) is 3.05. The van der Waals surface area contributed by atoms with Gasteiger partial charge in [-0.1, -0.05) is 6.07 Å². The zero-order valence-corrected chi connectivity index (χ0v) is 27.5. The van der Waals surface area contributed by atoms with Crippen LogP contribution in [-0.2, 0) is 19.1 Å². The molecule has 0 saturated carbocycles. The maximum Gasteiger partial charge on any atom is 0.336 e. The summed E-state index contributed by atoms with van der Waals surface area (Å²) >= 11 is 5.37. The first kappa shape index (κ1) is 36.7. The minimum Gasteiger partial charge on any atom is -0.508 e. The summed E-state index contributed by atoms with van der Waals surface area (Å²) in [6, 6.07) is 12.9. The molecule has 1 heterocycles. The van der Waals surface area contributed by atoms with Gasteiger partial charge in [-0.3, -0.25) is 14.4 Å². The highest BCUT2D eigenvalue weighted by Gasteiger charge is 2.22. The smallest absolute Gasteiger partial charge is 0.336 e. The molecule has 2 aromatic rings. The molecule has 0 spiro atoms. The van der Waals surface area contributed by atoms with Crippen molar-refractivity contribution in [1.29, 1.82) is 0 Å². The van der Waals surface area contributed by atoms with Crippen LogP contribution >= 0.6 is 12.2 Å². The molecule has 0 saturated heterocycles. The number of hydrogen-bond donors (Lipinski definition) is 7. The molecule has 14 nitrogen and oxygen atoms in total. The number of phenolic OH excluding ortho intramolecular Hbond substituents is 1. The number of aromatic hydroxyl groups is 1. The number of carboxylic acid groups (broad SMARTS) is 1. The number of aromatic carboxylic acids is 1. The Balaban J connectivity index is 1.25. The predicted molar refractivity (Wildman–Crippen MR) is 188 cm³/mol. The summed E-state index contributed by atoms with van der Waals surface area (Å²) in [6.45, 7) is 1.86. The second-order valence-electron chi connectivity index (χ2n) is 11.0. The maximum atomic E-state index is 12.4. The lowest BCUT2D eigenvalue weighted by molar-refractivity contribution is -0.128. The van der Waals surface area contributed by atoms with E-state index in [0.29, 0.717) is 65.9 Å². The van der Waals surface area contributed by atoms with E-state index < -0.39 is 17.9 Å². The van der Waals surface area contributed by atoms with Crippen LogP contribution < -0.4 is 32.8 Å². The molecule has 9 N–H and O–H groups in total. The molecule has 0 fully saturated rings. The Morgan fingerprint density at radius 3 is 2.43 bits per heavy atom. The number of amides is 2. The Morgan fingerprint density at radius 2 is 1.69 bits per heavy atom. The van der Waals surface area contributed by atoms with Crippen LogP contribution in [0.4, 0.5) is 5.69 Å². The van der Waals surface area contributed by atoms with E-state index in [1.165, 1.54) is 30.3 Å². The van der Waals surface area contributed by atoms with Gasteiger partial charge in [-0.15, -0.1) is 0 Å². The number of carbonyl (C=O) groups is 3. The van der Waals surface area contributed by atoms with E-state index in [2.05, 4.69) is 16.0 Å². The van der Waals surface area contributed by atoms with Gasteiger partial charge in [0.1, 0.15) is 23.1 Å². The van der Waals surface area contributed by atoms with Crippen LogP contribution in [0.25, 0.3) is 33.4 Å². The Kier molecular flexibility index (Phi) is 13.4. The van der Waals surface area contributed by atoms with Gasteiger partial charge in [-0.2, -0.15) is 0 Å². The molecule has 1 atom stereocenters. The fraction of sp³-hybridized carbons (Fsp3) is 0.324. The molecule has 0 radical (unpaired) electrons. The van der Waals surface area contributed by atoms with Gasteiger partial charge in [0, 0.05) is 47.3 Å². The number of benzene rings is 3. The van der Waals surface area contributed by atoms with Gasteiger partial charge in [0.15, 0.2) is 10.5 Å². The number of hydrogen-bond acceptors (Lipinski definition) is 10. The largest absolute Gasteiger partial charge is 0.508 e. The van der Waals surface area contributed by atoms with Gasteiger partial charge in [0.2, 0.25) is 11.8 Å². The quantitative estimate of drug-likeness (QED) is 0.0452. The number of carbonyl (C=O) groups excluding carboxylic acids is 2. The second kappa shape index (κ2) is 17.9. The molecule has 260 valence electrons. The predicted octanol–water partition coefficient (Wildman–Crippen LogP) is 2.78. The first-order valence-electron chi connectivity index (χ1n) is 15.6. The molecule has 2 aromatic carbocycles. The monoisotopic (exact) mass is 693 g/mol. The Hall–Kier alpha value is -5.09. The van der Waals surface area contributed by atoms with Crippen LogP contribution in [0.5, 0.6) is 5.75 Å². The van der Waals surface area contributed by atoms with Crippen molar-refractivity contribution in [3.05, 3.63) is 70.4 Å². The topological polar surface area (TPSA) is 228 Å². The number of unbranched alkanes of at least 4 members (excludes halogenated alkanes) is 1. The van der Waals surface area contributed by atoms with E-state index in [1.54, 1.807) is 24.3 Å². The van der Waals surface area contributed by atoms with Crippen molar-refractivity contribution >= 4 is 51.8 Å². The Labute approximate surface area is 287 Å². The first-order valence-corrected chi connectivity index (χ1v) is 16.0. The normalized spacial score (nSPS) is 11.7. The number of primary amides is 1. The highest BCUT2D eigenvalue weighted by molar-refractivity contribution is 7.80. The number of anilines is 1. The zero-order chi connectivity index (χ0) is 35.3. The summed E-state index contributed by atoms with van der Waals surface area (Å²) in [6.07, 6.45) is 1.95. The third-order valence-electron chi connectivity index (χ3n) is 7.46. The molecule has 4 rings (SSSR count). The maximum absolute atomic E-state index is 12.4. The lowest BCUT2D eigenvalue weighted by Gasteiger charge is -2.18. The molecule has 2 amide bonds. The third-order valence-corrected chi connectivity index (χ3v) is 7.70. The van der Waals surface area contributed by atoms with Crippen LogP contribution in [0.15, 0.2) is 63.8 Å². The fourth-order valence-corrected chi connectivity index (χ4v) is 5.33. The van der Waals surface area contributed by atoms with Crippen molar-refractivity contribution in [2.24, 2.45) is 11.5 Å². The van der Waals surface area contributed by atoms with E-state index >= 15 is 0 Å². The van der Waals surface area contributed by atoms with Gasteiger partial charge in [-0.05, 0) is 80.0 Å². The number of carboxylic acids is 1. The van der Waals surface area contributed by atoms with E-state index in [1.807, 2.05) is 0 Å². The lowest BCUT2D eigenvalue weighted by atomic mass is 9.90. The molecule has 2 aliphatic rings. The number of nitrogens with one attached hydrogen (secondary N) is 3. The molecule has 49 heavy (non-hydrogen) atoms. The Bertz CT molecular complexity index is 1830. The molecular formula is C34H39N5O9S. The molecule has 15 heteroatoms. The van der Waals surface area contributed by atoms with Crippen LogP contribution in [0.3, 0.4) is 0 Å². The minimum atomic E-state index is -1.18. The number of rotatable bonds is 18. The van der Waals surface area contributed by atoms with Crippen LogP contribution in [0.1, 0.15) is 36.0 Å². The van der Waals surface area contributed by atoms with Gasteiger partial charge in [0.05, 0.1) is 32.0 Å². The van der Waals surface area contributed by atoms with E-state index in [-0.39, 0.29) is 59.8 Å². The zero-order valence-electron chi connectivity index (χ0n) is 26.7. The molecule has 0 aromatic heterocycles. The van der Waals surface area contributed by atoms with Gasteiger partial charge in [-0.25, -0.2) is 4.79 Å².